The van der Waals surface area contributed by atoms with E-state index in [-0.39, 0.29) is 5.95 Å². The molecular weight excluding hydrogens is 352 g/mol. The Bertz CT molecular complexity index is 937. The zero-order valence-corrected chi connectivity index (χ0v) is 16.4. The molecule has 138 valence electrons. The molecule has 0 saturated heterocycles. The topological polar surface area (TPSA) is 64.7 Å². The van der Waals surface area contributed by atoms with Gasteiger partial charge in [0, 0.05) is 11.8 Å². The van der Waals surface area contributed by atoms with E-state index in [0.29, 0.717) is 0 Å². The van der Waals surface area contributed by atoms with Gasteiger partial charge in [-0.05, 0) is 37.3 Å². The number of hydrogen-bond donors (Lipinski definition) is 1. The fourth-order valence-corrected chi connectivity index (χ4v) is 4.61. The zero-order chi connectivity index (χ0) is 18.6. The van der Waals surface area contributed by atoms with E-state index in [2.05, 4.69) is 46.4 Å². The molecule has 4 rings (SSSR count). The summed E-state index contributed by atoms with van der Waals surface area (Å²) < 4.78 is 0. The highest BCUT2D eigenvalue weighted by atomic mass is 32.1. The molecule has 1 fully saturated rings. The number of nitrogens with two attached hydrogens (primary N) is 1. The number of hydrogen-bond acceptors (Lipinski definition) is 5. The van der Waals surface area contributed by atoms with Gasteiger partial charge in [-0.1, -0.05) is 55.7 Å². The van der Waals surface area contributed by atoms with Crippen LogP contribution in [0.4, 0.5) is 5.95 Å². The second-order valence-corrected chi connectivity index (χ2v) is 8.11. The molecule has 1 aliphatic rings. The van der Waals surface area contributed by atoms with Crippen LogP contribution in [-0.2, 0) is 0 Å². The van der Waals surface area contributed by atoms with Gasteiger partial charge in [-0.15, -0.1) is 11.3 Å². The summed E-state index contributed by atoms with van der Waals surface area (Å²) in [6, 6.07) is 10.5. The highest BCUT2D eigenvalue weighted by Crippen LogP contribution is 2.34. The molecule has 0 aliphatic heterocycles. The van der Waals surface area contributed by atoms with Gasteiger partial charge in [-0.3, -0.25) is 0 Å². The van der Waals surface area contributed by atoms with Crippen molar-refractivity contribution in [2.24, 2.45) is 5.92 Å². The lowest BCUT2D eigenvalue weighted by molar-refractivity contribution is 0.420. The molecule has 2 heterocycles. The first kappa shape index (κ1) is 17.9. The van der Waals surface area contributed by atoms with Crippen molar-refractivity contribution in [2.45, 2.75) is 39.0 Å². The van der Waals surface area contributed by atoms with E-state index in [1.54, 1.807) is 17.5 Å². The van der Waals surface area contributed by atoms with Gasteiger partial charge in [0.2, 0.25) is 5.95 Å². The molecule has 3 aromatic rings. The van der Waals surface area contributed by atoms with Crippen LogP contribution in [-0.4, -0.2) is 15.0 Å². The summed E-state index contributed by atoms with van der Waals surface area (Å²) in [6.07, 6.45) is 13.2. The molecule has 1 aliphatic carbocycles. The monoisotopic (exact) mass is 376 g/mol. The number of anilines is 1. The number of thiazole rings is 1. The maximum Gasteiger partial charge on any atom is 0.220 e. The predicted octanol–water partition coefficient (Wildman–Crippen LogP) is 5.75. The molecule has 0 bridgehead atoms. The van der Waals surface area contributed by atoms with Gasteiger partial charge in [-0.25, -0.2) is 15.0 Å². The molecule has 4 nitrogen and oxygen atoms in total. The summed E-state index contributed by atoms with van der Waals surface area (Å²) in [7, 11) is 0. The minimum absolute atomic E-state index is 0.288. The molecule has 27 heavy (non-hydrogen) atoms. The molecular formula is C22H24N4S. The van der Waals surface area contributed by atoms with Crippen LogP contribution in [0.5, 0.6) is 0 Å². The highest BCUT2D eigenvalue weighted by Gasteiger charge is 2.13. The van der Waals surface area contributed by atoms with E-state index in [9.17, 15) is 0 Å². The quantitative estimate of drug-likeness (QED) is 0.629. The molecule has 0 amide bonds. The SMILES string of the molecule is Cc1nc(-c2ccc(/C=C/C3CCCCC3)cc2)sc1-c1ccnc(N)n1. The van der Waals surface area contributed by atoms with Crippen LogP contribution in [0.15, 0.2) is 42.6 Å². The first-order valence-corrected chi connectivity index (χ1v) is 10.4. The summed E-state index contributed by atoms with van der Waals surface area (Å²) in [5, 5.41) is 1.00. The van der Waals surface area contributed by atoms with Gasteiger partial charge in [0.05, 0.1) is 16.3 Å². The Balaban J connectivity index is 1.52. The van der Waals surface area contributed by atoms with E-state index in [1.807, 2.05) is 13.0 Å². The fourth-order valence-electron chi connectivity index (χ4n) is 3.57. The van der Waals surface area contributed by atoms with Crippen molar-refractivity contribution in [3.8, 4) is 21.1 Å². The predicted molar refractivity (Wildman–Crippen MR) is 113 cm³/mol. The zero-order valence-electron chi connectivity index (χ0n) is 15.6. The van der Waals surface area contributed by atoms with Crippen molar-refractivity contribution in [2.75, 3.05) is 5.73 Å². The van der Waals surface area contributed by atoms with Crippen LogP contribution in [0, 0.1) is 12.8 Å². The number of rotatable bonds is 4. The lowest BCUT2D eigenvalue weighted by Gasteiger charge is -2.17. The number of allylic oxidation sites excluding steroid dienone is 1. The van der Waals surface area contributed by atoms with Gasteiger partial charge in [0.25, 0.3) is 0 Å². The standard InChI is InChI=1S/C22H24N4S/c1-15-20(19-13-14-24-22(23)26-19)27-21(25-15)18-11-9-17(10-12-18)8-7-16-5-3-2-4-6-16/h7-14,16H,2-6H2,1H3,(H2,23,24,26)/b8-7+. The average molecular weight is 377 g/mol. The Morgan fingerprint density at radius 2 is 1.81 bits per heavy atom. The number of nitrogens with zero attached hydrogens (tertiary/aromatic N) is 3. The van der Waals surface area contributed by atoms with Crippen molar-refractivity contribution in [1.29, 1.82) is 0 Å². The van der Waals surface area contributed by atoms with Gasteiger partial charge in [-0.2, -0.15) is 0 Å². The fraction of sp³-hybridized carbons (Fsp3) is 0.318. The summed E-state index contributed by atoms with van der Waals surface area (Å²) in [5.74, 6) is 1.04. The third-order valence-corrected chi connectivity index (χ3v) is 6.30. The van der Waals surface area contributed by atoms with Crippen LogP contribution >= 0.6 is 11.3 Å². The van der Waals surface area contributed by atoms with Crippen molar-refractivity contribution >= 4 is 23.4 Å². The molecule has 0 atom stereocenters. The largest absolute Gasteiger partial charge is 0.368 e. The molecule has 0 spiro atoms. The van der Waals surface area contributed by atoms with Crippen LogP contribution in [0.25, 0.3) is 27.2 Å². The summed E-state index contributed by atoms with van der Waals surface area (Å²) in [5.41, 5.74) is 9.90. The maximum absolute atomic E-state index is 5.72. The Hall–Kier alpha value is -2.53. The second kappa shape index (κ2) is 8.01. The van der Waals surface area contributed by atoms with Crippen molar-refractivity contribution in [1.82, 2.24) is 15.0 Å². The van der Waals surface area contributed by atoms with Crippen molar-refractivity contribution < 1.29 is 0 Å². The summed E-state index contributed by atoms with van der Waals surface area (Å²) in [4.78, 5) is 14.1. The third kappa shape index (κ3) is 4.25. The average Bonchev–Trinajstić information content (AvgIpc) is 3.09. The summed E-state index contributed by atoms with van der Waals surface area (Å²) >= 11 is 1.64. The Morgan fingerprint density at radius 1 is 1.04 bits per heavy atom. The van der Waals surface area contributed by atoms with E-state index in [0.717, 1.165) is 32.8 Å². The second-order valence-electron chi connectivity index (χ2n) is 7.11. The van der Waals surface area contributed by atoms with E-state index >= 15 is 0 Å². The minimum atomic E-state index is 0.288. The van der Waals surface area contributed by atoms with Crippen molar-refractivity contribution in [3.63, 3.8) is 0 Å². The van der Waals surface area contributed by atoms with E-state index in [1.165, 1.54) is 37.7 Å². The van der Waals surface area contributed by atoms with Crippen LogP contribution in [0.2, 0.25) is 0 Å². The van der Waals surface area contributed by atoms with Gasteiger partial charge < -0.3 is 5.73 Å². The van der Waals surface area contributed by atoms with E-state index < -0.39 is 0 Å². The molecule has 0 radical (unpaired) electrons. The summed E-state index contributed by atoms with van der Waals surface area (Å²) in [6.45, 7) is 2.01. The third-order valence-electron chi connectivity index (χ3n) is 5.07. The Kier molecular flexibility index (Phi) is 5.30. The van der Waals surface area contributed by atoms with Crippen LogP contribution < -0.4 is 5.73 Å². The van der Waals surface area contributed by atoms with Crippen LogP contribution in [0.1, 0.15) is 43.4 Å². The Morgan fingerprint density at radius 3 is 2.56 bits per heavy atom. The lowest BCUT2D eigenvalue weighted by Crippen LogP contribution is -2.02. The van der Waals surface area contributed by atoms with Crippen LogP contribution in [0.3, 0.4) is 0 Å². The Labute approximate surface area is 164 Å². The van der Waals surface area contributed by atoms with Gasteiger partial charge in [0.15, 0.2) is 0 Å². The first-order valence-electron chi connectivity index (χ1n) is 9.54. The van der Waals surface area contributed by atoms with Crippen molar-refractivity contribution in [3.05, 3.63) is 53.9 Å². The minimum Gasteiger partial charge on any atom is -0.368 e. The van der Waals surface area contributed by atoms with Gasteiger partial charge >= 0.3 is 0 Å². The molecule has 0 unspecified atom stereocenters. The molecule has 1 saturated carbocycles. The van der Waals surface area contributed by atoms with E-state index in [4.69, 9.17) is 10.7 Å². The normalized spacial score (nSPS) is 15.4. The lowest BCUT2D eigenvalue weighted by atomic mass is 9.89. The molecule has 2 aromatic heterocycles. The number of aromatic nitrogens is 3. The first-order chi connectivity index (χ1) is 13.2. The molecule has 2 N–H and O–H groups in total. The smallest absolute Gasteiger partial charge is 0.220 e. The number of aryl methyl sites for hydroxylation is 1. The maximum atomic E-state index is 5.72. The highest BCUT2D eigenvalue weighted by molar-refractivity contribution is 7.18. The number of benzene rings is 1. The molecule has 1 aromatic carbocycles. The van der Waals surface area contributed by atoms with Gasteiger partial charge in [0.1, 0.15) is 5.01 Å². The number of nitrogen functional groups attached to an aromatic ring is 1. The molecule has 5 heteroatoms.